The molecular weight excluding hydrogens is 346 g/mol. The van der Waals surface area contributed by atoms with E-state index in [9.17, 15) is 10.1 Å². The number of nitro benzene ring substituents is 1. The van der Waals surface area contributed by atoms with Crippen LogP contribution in [-0.2, 0) is 6.54 Å². The van der Waals surface area contributed by atoms with Crippen molar-refractivity contribution < 1.29 is 4.92 Å². The molecule has 0 unspecified atom stereocenters. The van der Waals surface area contributed by atoms with Gasteiger partial charge in [0.1, 0.15) is 5.82 Å². The molecule has 5 nitrogen and oxygen atoms in total. The summed E-state index contributed by atoms with van der Waals surface area (Å²) >= 11 is 3.45. The summed E-state index contributed by atoms with van der Waals surface area (Å²) in [5, 5.41) is 10.9. The summed E-state index contributed by atoms with van der Waals surface area (Å²) in [6, 6.07) is 14.5. The molecule has 0 aliphatic carbocycles. The molecule has 0 fully saturated rings. The Balaban J connectivity index is 1.93. The van der Waals surface area contributed by atoms with Gasteiger partial charge in [-0.05, 0) is 17.7 Å². The summed E-state index contributed by atoms with van der Waals surface area (Å²) in [4.78, 5) is 14.9. The van der Waals surface area contributed by atoms with Crippen molar-refractivity contribution in [2.24, 2.45) is 0 Å². The third-order valence-electron chi connectivity index (χ3n) is 3.27. The van der Waals surface area contributed by atoms with Gasteiger partial charge in [0, 0.05) is 41.1 Å². The summed E-state index contributed by atoms with van der Waals surface area (Å²) in [6.45, 7) is 0.531. The van der Waals surface area contributed by atoms with Gasteiger partial charge in [0.2, 0.25) is 0 Å². The fraction of sp³-hybridized carbons (Fsp3) is 0.0625. The first kappa shape index (κ1) is 14.5. The van der Waals surface area contributed by atoms with Gasteiger partial charge in [-0.3, -0.25) is 10.1 Å². The van der Waals surface area contributed by atoms with Crippen molar-refractivity contribution >= 4 is 21.6 Å². The highest BCUT2D eigenvalue weighted by Gasteiger charge is 2.09. The van der Waals surface area contributed by atoms with E-state index in [0.29, 0.717) is 6.54 Å². The Labute approximate surface area is 135 Å². The Morgan fingerprint density at radius 3 is 2.77 bits per heavy atom. The Bertz CT molecular complexity index is 830. The highest BCUT2D eigenvalue weighted by Crippen LogP contribution is 2.23. The maximum Gasteiger partial charge on any atom is 0.269 e. The number of benzene rings is 2. The molecule has 2 aromatic carbocycles. The Hall–Kier alpha value is -2.47. The third-order valence-corrected chi connectivity index (χ3v) is 3.77. The molecule has 3 aromatic rings. The molecule has 0 saturated heterocycles. The van der Waals surface area contributed by atoms with E-state index in [1.807, 2.05) is 41.1 Å². The lowest BCUT2D eigenvalue weighted by Crippen LogP contribution is -2.01. The standard InChI is InChI=1S/C16H12BrN3O2/c17-14-5-2-4-13(10-14)16-18-7-8-19(16)11-12-3-1-6-15(9-12)20(21)22/h1-10H,11H2. The number of hydrogen-bond donors (Lipinski definition) is 0. The zero-order chi connectivity index (χ0) is 15.5. The van der Waals surface area contributed by atoms with Crippen LogP contribution < -0.4 is 0 Å². The SMILES string of the molecule is O=[N+]([O-])c1cccc(Cn2ccnc2-c2cccc(Br)c2)c1. The van der Waals surface area contributed by atoms with E-state index >= 15 is 0 Å². The molecule has 6 heteroatoms. The summed E-state index contributed by atoms with van der Waals surface area (Å²) in [6.07, 6.45) is 3.60. The molecule has 110 valence electrons. The smallest absolute Gasteiger partial charge is 0.269 e. The number of rotatable bonds is 4. The number of imidazole rings is 1. The van der Waals surface area contributed by atoms with E-state index in [-0.39, 0.29) is 10.6 Å². The zero-order valence-corrected chi connectivity index (χ0v) is 13.1. The maximum absolute atomic E-state index is 10.9. The zero-order valence-electron chi connectivity index (χ0n) is 11.5. The van der Waals surface area contributed by atoms with E-state index in [1.165, 1.54) is 6.07 Å². The van der Waals surface area contributed by atoms with Gasteiger partial charge in [0.05, 0.1) is 4.92 Å². The Kier molecular flexibility index (Phi) is 4.02. The number of nitro groups is 1. The Morgan fingerprint density at radius 2 is 2.00 bits per heavy atom. The number of non-ortho nitro benzene ring substituents is 1. The molecule has 0 aliphatic heterocycles. The molecule has 0 atom stereocenters. The van der Waals surface area contributed by atoms with E-state index in [4.69, 9.17) is 0 Å². The van der Waals surface area contributed by atoms with Crippen LogP contribution in [0.15, 0.2) is 65.4 Å². The largest absolute Gasteiger partial charge is 0.327 e. The van der Waals surface area contributed by atoms with Crippen LogP contribution in [0.1, 0.15) is 5.56 Å². The highest BCUT2D eigenvalue weighted by molar-refractivity contribution is 9.10. The van der Waals surface area contributed by atoms with Crippen LogP contribution in [0.5, 0.6) is 0 Å². The van der Waals surface area contributed by atoms with Crippen molar-refractivity contribution in [2.75, 3.05) is 0 Å². The first-order valence-corrected chi connectivity index (χ1v) is 7.43. The first-order valence-electron chi connectivity index (χ1n) is 6.64. The predicted octanol–water partition coefficient (Wildman–Crippen LogP) is 4.27. The van der Waals surface area contributed by atoms with Gasteiger partial charge in [-0.1, -0.05) is 40.2 Å². The van der Waals surface area contributed by atoms with Gasteiger partial charge in [0.25, 0.3) is 5.69 Å². The molecule has 3 rings (SSSR count). The molecule has 0 amide bonds. The third kappa shape index (κ3) is 3.07. The van der Waals surface area contributed by atoms with Gasteiger partial charge in [-0.15, -0.1) is 0 Å². The lowest BCUT2D eigenvalue weighted by atomic mass is 10.2. The second kappa shape index (κ2) is 6.11. The minimum Gasteiger partial charge on any atom is -0.327 e. The van der Waals surface area contributed by atoms with Crippen LogP contribution in [0, 0.1) is 10.1 Å². The van der Waals surface area contributed by atoms with Crippen molar-refractivity contribution in [1.29, 1.82) is 0 Å². The first-order chi connectivity index (χ1) is 10.6. The van der Waals surface area contributed by atoms with Crippen molar-refractivity contribution in [2.45, 2.75) is 6.54 Å². The highest BCUT2D eigenvalue weighted by atomic mass is 79.9. The van der Waals surface area contributed by atoms with Crippen molar-refractivity contribution in [3.8, 4) is 11.4 Å². The average Bonchev–Trinajstić information content (AvgIpc) is 2.95. The number of halogens is 1. The normalized spacial score (nSPS) is 10.6. The van der Waals surface area contributed by atoms with Crippen LogP contribution >= 0.6 is 15.9 Å². The summed E-state index contributed by atoms with van der Waals surface area (Å²) in [7, 11) is 0. The second-order valence-corrected chi connectivity index (χ2v) is 5.73. The maximum atomic E-state index is 10.9. The number of hydrogen-bond acceptors (Lipinski definition) is 3. The lowest BCUT2D eigenvalue weighted by molar-refractivity contribution is -0.384. The molecule has 0 N–H and O–H groups in total. The van der Waals surface area contributed by atoms with E-state index in [2.05, 4.69) is 20.9 Å². The minimum atomic E-state index is -0.382. The Morgan fingerprint density at radius 1 is 1.18 bits per heavy atom. The van der Waals surface area contributed by atoms with E-state index in [0.717, 1.165) is 21.4 Å². The van der Waals surface area contributed by atoms with Crippen molar-refractivity contribution in [3.05, 3.63) is 81.1 Å². The van der Waals surface area contributed by atoms with E-state index < -0.39 is 0 Å². The van der Waals surface area contributed by atoms with E-state index in [1.54, 1.807) is 18.3 Å². The molecule has 1 aromatic heterocycles. The fourth-order valence-corrected chi connectivity index (χ4v) is 2.69. The van der Waals surface area contributed by atoms with Crippen molar-refractivity contribution in [1.82, 2.24) is 9.55 Å². The predicted molar refractivity (Wildman–Crippen MR) is 87.6 cm³/mol. The summed E-state index contributed by atoms with van der Waals surface area (Å²) in [5.41, 5.74) is 1.95. The minimum absolute atomic E-state index is 0.0987. The summed E-state index contributed by atoms with van der Waals surface area (Å²) in [5.74, 6) is 0.827. The topological polar surface area (TPSA) is 61.0 Å². The van der Waals surface area contributed by atoms with Crippen LogP contribution in [0.25, 0.3) is 11.4 Å². The van der Waals surface area contributed by atoms with Gasteiger partial charge in [-0.25, -0.2) is 4.98 Å². The van der Waals surface area contributed by atoms with Gasteiger partial charge < -0.3 is 4.57 Å². The molecule has 0 spiro atoms. The average molecular weight is 358 g/mol. The number of aromatic nitrogens is 2. The molecule has 1 heterocycles. The molecule has 22 heavy (non-hydrogen) atoms. The molecule has 0 radical (unpaired) electrons. The fourth-order valence-electron chi connectivity index (χ4n) is 2.29. The monoisotopic (exact) mass is 357 g/mol. The van der Waals surface area contributed by atoms with Crippen molar-refractivity contribution in [3.63, 3.8) is 0 Å². The quantitative estimate of drug-likeness (QED) is 0.517. The molecule has 0 aliphatic rings. The van der Waals surface area contributed by atoms with Gasteiger partial charge in [-0.2, -0.15) is 0 Å². The summed E-state index contributed by atoms with van der Waals surface area (Å²) < 4.78 is 2.95. The number of nitrogens with zero attached hydrogens (tertiary/aromatic N) is 3. The van der Waals surface area contributed by atoms with Gasteiger partial charge >= 0.3 is 0 Å². The molecular formula is C16H12BrN3O2. The van der Waals surface area contributed by atoms with Crippen LogP contribution in [0.2, 0.25) is 0 Å². The van der Waals surface area contributed by atoms with Crippen LogP contribution in [-0.4, -0.2) is 14.5 Å². The molecule has 0 saturated carbocycles. The van der Waals surface area contributed by atoms with Gasteiger partial charge in [0.15, 0.2) is 0 Å². The van der Waals surface area contributed by atoms with Crippen LogP contribution in [0.3, 0.4) is 0 Å². The lowest BCUT2D eigenvalue weighted by Gasteiger charge is -2.08. The van der Waals surface area contributed by atoms with Crippen LogP contribution in [0.4, 0.5) is 5.69 Å². The molecule has 0 bridgehead atoms. The second-order valence-electron chi connectivity index (χ2n) is 4.82.